The van der Waals surface area contributed by atoms with Crippen LogP contribution in [0.1, 0.15) is 21.5 Å². The van der Waals surface area contributed by atoms with Gasteiger partial charge in [-0.3, -0.25) is 0 Å². The lowest BCUT2D eigenvalue weighted by molar-refractivity contribution is 0.0697. The fourth-order valence-corrected chi connectivity index (χ4v) is 1.98. The van der Waals surface area contributed by atoms with Gasteiger partial charge in [0.05, 0.1) is 10.6 Å². The normalized spacial score (nSPS) is 10.3. The summed E-state index contributed by atoms with van der Waals surface area (Å²) in [6, 6.07) is 10.2. The van der Waals surface area contributed by atoms with Gasteiger partial charge in [0.15, 0.2) is 0 Å². The van der Waals surface area contributed by atoms with E-state index in [1.807, 2.05) is 19.1 Å². The number of halogens is 1. The second-order valence-electron chi connectivity index (χ2n) is 4.32. The van der Waals surface area contributed by atoms with Crippen LogP contribution in [0.25, 0.3) is 0 Å². The predicted octanol–water partition coefficient (Wildman–Crippen LogP) is 4.45. The van der Waals surface area contributed by atoms with Gasteiger partial charge in [-0.1, -0.05) is 17.7 Å². The van der Waals surface area contributed by atoms with Crippen molar-refractivity contribution in [2.75, 3.05) is 0 Å². The SMILES string of the molecule is Cc1ccc(Oc2ccc(C(=O)O)cc2C)c(Cl)c1. The smallest absolute Gasteiger partial charge is 0.335 e. The van der Waals surface area contributed by atoms with Gasteiger partial charge in [0.1, 0.15) is 11.5 Å². The lowest BCUT2D eigenvalue weighted by Gasteiger charge is -2.11. The minimum atomic E-state index is -0.956. The van der Waals surface area contributed by atoms with Crippen molar-refractivity contribution < 1.29 is 14.6 Å². The molecule has 3 nitrogen and oxygen atoms in total. The highest BCUT2D eigenvalue weighted by atomic mass is 35.5. The first-order chi connectivity index (χ1) is 8.97. The van der Waals surface area contributed by atoms with Crippen molar-refractivity contribution in [1.82, 2.24) is 0 Å². The number of carbonyl (C=O) groups is 1. The molecule has 0 aromatic heterocycles. The van der Waals surface area contributed by atoms with Gasteiger partial charge < -0.3 is 9.84 Å². The number of carboxylic acid groups (broad SMARTS) is 1. The number of ether oxygens (including phenoxy) is 1. The van der Waals surface area contributed by atoms with Crippen LogP contribution in [-0.4, -0.2) is 11.1 Å². The van der Waals surface area contributed by atoms with Crippen molar-refractivity contribution in [3.63, 3.8) is 0 Å². The minimum absolute atomic E-state index is 0.236. The van der Waals surface area contributed by atoms with Gasteiger partial charge in [0, 0.05) is 0 Å². The van der Waals surface area contributed by atoms with E-state index >= 15 is 0 Å². The van der Waals surface area contributed by atoms with Crippen LogP contribution < -0.4 is 4.74 Å². The Bertz CT molecular complexity index is 635. The molecular formula is C15H13ClO3. The maximum absolute atomic E-state index is 10.9. The Morgan fingerprint density at radius 2 is 1.79 bits per heavy atom. The summed E-state index contributed by atoms with van der Waals surface area (Å²) in [5, 5.41) is 9.43. The second kappa shape index (κ2) is 5.33. The average Bonchev–Trinajstić information content (AvgIpc) is 2.34. The minimum Gasteiger partial charge on any atom is -0.478 e. The van der Waals surface area contributed by atoms with E-state index in [1.54, 1.807) is 25.1 Å². The standard InChI is InChI=1S/C15H13ClO3/c1-9-3-5-14(12(16)7-9)19-13-6-4-11(15(17)18)8-10(13)2/h3-8H,1-2H3,(H,17,18). The number of hydrogen-bond donors (Lipinski definition) is 1. The monoisotopic (exact) mass is 276 g/mol. The molecule has 2 aromatic rings. The van der Waals surface area contributed by atoms with Gasteiger partial charge in [-0.25, -0.2) is 4.79 Å². The third kappa shape index (κ3) is 3.06. The number of aromatic carboxylic acids is 1. The van der Waals surface area contributed by atoms with Crippen LogP contribution in [0, 0.1) is 13.8 Å². The molecule has 1 N–H and O–H groups in total. The van der Waals surface area contributed by atoms with Crippen LogP contribution in [-0.2, 0) is 0 Å². The van der Waals surface area contributed by atoms with Crippen molar-refractivity contribution >= 4 is 17.6 Å². The molecule has 0 aliphatic heterocycles. The summed E-state index contributed by atoms with van der Waals surface area (Å²) in [6.45, 7) is 3.74. The van der Waals surface area contributed by atoms with E-state index in [9.17, 15) is 4.79 Å². The molecule has 0 aliphatic rings. The fourth-order valence-electron chi connectivity index (χ4n) is 1.70. The predicted molar refractivity (Wildman–Crippen MR) is 74.4 cm³/mol. The molecule has 0 amide bonds. The summed E-state index contributed by atoms with van der Waals surface area (Å²) in [6.07, 6.45) is 0. The Hall–Kier alpha value is -2.00. The molecule has 2 rings (SSSR count). The number of rotatable bonds is 3. The maximum Gasteiger partial charge on any atom is 0.335 e. The molecule has 19 heavy (non-hydrogen) atoms. The van der Waals surface area contributed by atoms with E-state index in [4.69, 9.17) is 21.4 Å². The largest absolute Gasteiger partial charge is 0.478 e. The topological polar surface area (TPSA) is 46.5 Å². The first-order valence-corrected chi connectivity index (χ1v) is 6.13. The third-order valence-electron chi connectivity index (χ3n) is 2.73. The van der Waals surface area contributed by atoms with Crippen molar-refractivity contribution in [3.05, 3.63) is 58.1 Å². The fraction of sp³-hybridized carbons (Fsp3) is 0.133. The van der Waals surface area contributed by atoms with Crippen LogP contribution in [0.3, 0.4) is 0 Å². The Morgan fingerprint density at radius 3 is 2.37 bits per heavy atom. The molecule has 0 spiro atoms. The Labute approximate surface area is 116 Å². The molecule has 0 heterocycles. The molecule has 4 heteroatoms. The van der Waals surface area contributed by atoms with E-state index in [0.29, 0.717) is 16.5 Å². The number of aryl methyl sites for hydroxylation is 2. The van der Waals surface area contributed by atoms with Crippen molar-refractivity contribution in [2.45, 2.75) is 13.8 Å². The highest BCUT2D eigenvalue weighted by molar-refractivity contribution is 6.32. The highest BCUT2D eigenvalue weighted by Crippen LogP contribution is 2.31. The van der Waals surface area contributed by atoms with Crippen LogP contribution in [0.2, 0.25) is 5.02 Å². The van der Waals surface area contributed by atoms with Crippen LogP contribution in [0.15, 0.2) is 36.4 Å². The van der Waals surface area contributed by atoms with Crippen molar-refractivity contribution in [2.24, 2.45) is 0 Å². The summed E-state index contributed by atoms with van der Waals surface area (Å²) in [4.78, 5) is 10.9. The second-order valence-corrected chi connectivity index (χ2v) is 4.73. The Morgan fingerprint density at radius 1 is 1.11 bits per heavy atom. The molecule has 0 unspecified atom stereocenters. The van der Waals surface area contributed by atoms with Gasteiger partial charge in [-0.2, -0.15) is 0 Å². The Balaban J connectivity index is 2.31. The van der Waals surface area contributed by atoms with E-state index in [-0.39, 0.29) is 5.56 Å². The van der Waals surface area contributed by atoms with Crippen molar-refractivity contribution in [3.8, 4) is 11.5 Å². The molecular weight excluding hydrogens is 264 g/mol. The lowest BCUT2D eigenvalue weighted by Crippen LogP contribution is -1.97. The summed E-state index contributed by atoms with van der Waals surface area (Å²) in [5.41, 5.74) is 2.03. The molecule has 0 radical (unpaired) electrons. The first-order valence-electron chi connectivity index (χ1n) is 5.75. The van der Waals surface area contributed by atoms with Crippen molar-refractivity contribution in [1.29, 1.82) is 0 Å². The van der Waals surface area contributed by atoms with Gasteiger partial charge in [0.2, 0.25) is 0 Å². The Kier molecular flexibility index (Phi) is 3.76. The van der Waals surface area contributed by atoms with Crippen LogP contribution in [0.4, 0.5) is 0 Å². The molecule has 0 fully saturated rings. The summed E-state index contributed by atoms with van der Waals surface area (Å²) in [5.74, 6) is 0.192. The van der Waals surface area contributed by atoms with E-state index in [1.165, 1.54) is 6.07 Å². The highest BCUT2D eigenvalue weighted by Gasteiger charge is 2.09. The summed E-state index contributed by atoms with van der Waals surface area (Å²) in [7, 11) is 0. The third-order valence-corrected chi connectivity index (χ3v) is 3.02. The van der Waals surface area contributed by atoms with Crippen LogP contribution in [0.5, 0.6) is 11.5 Å². The average molecular weight is 277 g/mol. The molecule has 0 saturated carbocycles. The van der Waals surface area contributed by atoms with Gasteiger partial charge in [0.25, 0.3) is 0 Å². The van der Waals surface area contributed by atoms with Crippen LogP contribution >= 0.6 is 11.6 Å². The van der Waals surface area contributed by atoms with Gasteiger partial charge in [-0.05, 0) is 55.3 Å². The first kappa shape index (κ1) is 13.4. The van der Waals surface area contributed by atoms with E-state index in [0.717, 1.165) is 11.1 Å². The van der Waals surface area contributed by atoms with E-state index in [2.05, 4.69) is 0 Å². The molecule has 98 valence electrons. The lowest BCUT2D eigenvalue weighted by atomic mass is 10.1. The zero-order valence-corrected chi connectivity index (χ0v) is 11.4. The quantitative estimate of drug-likeness (QED) is 0.901. The number of carboxylic acids is 1. The number of hydrogen-bond acceptors (Lipinski definition) is 2. The zero-order valence-electron chi connectivity index (χ0n) is 10.6. The summed E-state index contributed by atoms with van der Waals surface area (Å²) < 4.78 is 5.70. The molecule has 0 saturated heterocycles. The number of benzene rings is 2. The summed E-state index contributed by atoms with van der Waals surface area (Å²) >= 11 is 6.09. The van der Waals surface area contributed by atoms with Gasteiger partial charge in [-0.15, -0.1) is 0 Å². The van der Waals surface area contributed by atoms with E-state index < -0.39 is 5.97 Å². The molecule has 0 aliphatic carbocycles. The molecule has 0 bridgehead atoms. The molecule has 0 atom stereocenters. The van der Waals surface area contributed by atoms with Gasteiger partial charge >= 0.3 is 5.97 Å². The molecule has 2 aromatic carbocycles. The zero-order chi connectivity index (χ0) is 14.0. The maximum atomic E-state index is 10.9.